The first-order chi connectivity index (χ1) is 7.27. The number of rotatable bonds is 3. The molecule has 0 unspecified atom stereocenters. The number of hydrogen-bond acceptors (Lipinski definition) is 1. The summed E-state index contributed by atoms with van der Waals surface area (Å²) in [6.07, 6.45) is 7.58. The van der Waals surface area contributed by atoms with Crippen molar-refractivity contribution in [3.8, 4) is 6.07 Å². The molecule has 0 radical (unpaired) electrons. The molecule has 0 bridgehead atoms. The molecule has 0 amide bonds. The molecule has 0 atom stereocenters. The zero-order chi connectivity index (χ0) is 11.1. The van der Waals surface area contributed by atoms with Gasteiger partial charge in [-0.15, -0.1) is 0 Å². The van der Waals surface area contributed by atoms with Crippen LogP contribution in [-0.4, -0.2) is 0 Å². The van der Waals surface area contributed by atoms with Gasteiger partial charge >= 0.3 is 0 Å². The van der Waals surface area contributed by atoms with E-state index >= 15 is 0 Å². The summed E-state index contributed by atoms with van der Waals surface area (Å²) < 4.78 is 0. The van der Waals surface area contributed by atoms with Crippen molar-refractivity contribution in [3.05, 3.63) is 66.3 Å². The van der Waals surface area contributed by atoms with E-state index in [0.717, 1.165) is 11.1 Å². The molecule has 0 aliphatic rings. The molecule has 1 nitrogen and oxygen atoms in total. The summed E-state index contributed by atoms with van der Waals surface area (Å²) in [6, 6.07) is 9.65. The molecule has 0 N–H and O–H groups in total. The van der Waals surface area contributed by atoms with Gasteiger partial charge in [-0.1, -0.05) is 43.0 Å². The fourth-order valence-corrected chi connectivity index (χ4v) is 1.18. The predicted molar refractivity (Wildman–Crippen MR) is 64.1 cm³/mol. The number of nitrogens with zero attached hydrogens (tertiary/aromatic N) is 1. The Labute approximate surface area is 90.7 Å². The van der Waals surface area contributed by atoms with Crippen molar-refractivity contribution >= 4 is 5.57 Å². The summed E-state index contributed by atoms with van der Waals surface area (Å²) in [7, 11) is 0. The Hall–Kier alpha value is -2.07. The zero-order valence-corrected chi connectivity index (χ0v) is 8.77. The molecule has 0 aliphatic carbocycles. The predicted octanol–water partition coefficient (Wildman–Crippen LogP) is 3.70. The van der Waals surface area contributed by atoms with Gasteiger partial charge in [-0.2, -0.15) is 5.26 Å². The second kappa shape index (κ2) is 5.62. The van der Waals surface area contributed by atoms with Crippen molar-refractivity contribution in [2.24, 2.45) is 0 Å². The minimum Gasteiger partial charge on any atom is -0.192 e. The average molecular weight is 195 g/mol. The highest BCUT2D eigenvalue weighted by Gasteiger charge is 1.94. The molecule has 0 heterocycles. The summed E-state index contributed by atoms with van der Waals surface area (Å²) in [6.45, 7) is 5.64. The van der Waals surface area contributed by atoms with Crippen LogP contribution in [0.3, 0.4) is 0 Å². The van der Waals surface area contributed by atoms with E-state index in [1.807, 2.05) is 49.4 Å². The smallest absolute Gasteiger partial charge is 0.0991 e. The maximum atomic E-state index is 8.65. The van der Waals surface area contributed by atoms with Gasteiger partial charge in [0, 0.05) is 0 Å². The van der Waals surface area contributed by atoms with Gasteiger partial charge in [-0.25, -0.2) is 0 Å². The Morgan fingerprint density at radius 2 is 1.93 bits per heavy atom. The van der Waals surface area contributed by atoms with Gasteiger partial charge in [0.15, 0.2) is 0 Å². The molecule has 74 valence electrons. The van der Waals surface area contributed by atoms with Crippen molar-refractivity contribution in [3.63, 3.8) is 0 Å². The topological polar surface area (TPSA) is 23.8 Å². The van der Waals surface area contributed by atoms with Crippen LogP contribution in [0.2, 0.25) is 0 Å². The monoisotopic (exact) mass is 195 g/mol. The van der Waals surface area contributed by atoms with Crippen LogP contribution in [0.4, 0.5) is 0 Å². The van der Waals surface area contributed by atoms with Gasteiger partial charge in [0.1, 0.15) is 0 Å². The summed E-state index contributed by atoms with van der Waals surface area (Å²) in [4.78, 5) is 0. The van der Waals surface area contributed by atoms with E-state index < -0.39 is 0 Å². The average Bonchev–Trinajstić information content (AvgIpc) is 2.29. The van der Waals surface area contributed by atoms with Gasteiger partial charge < -0.3 is 0 Å². The van der Waals surface area contributed by atoms with Gasteiger partial charge in [-0.05, 0) is 30.2 Å². The Balaban J connectivity index is 2.87. The highest BCUT2D eigenvalue weighted by atomic mass is 14.2. The van der Waals surface area contributed by atoms with Crippen LogP contribution in [0, 0.1) is 11.3 Å². The third-order valence-corrected chi connectivity index (χ3v) is 2.06. The van der Waals surface area contributed by atoms with Gasteiger partial charge in [0.25, 0.3) is 0 Å². The van der Waals surface area contributed by atoms with E-state index in [-0.39, 0.29) is 0 Å². The van der Waals surface area contributed by atoms with Crippen LogP contribution in [0.1, 0.15) is 18.1 Å². The van der Waals surface area contributed by atoms with E-state index in [2.05, 4.69) is 12.6 Å². The fraction of sp³-hybridized carbons (Fsp3) is 0.0714. The highest BCUT2D eigenvalue weighted by Crippen LogP contribution is 2.14. The largest absolute Gasteiger partial charge is 0.192 e. The van der Waals surface area contributed by atoms with E-state index in [1.54, 1.807) is 6.08 Å². The van der Waals surface area contributed by atoms with E-state index in [0.29, 0.717) is 5.56 Å². The van der Waals surface area contributed by atoms with Crippen molar-refractivity contribution in [2.75, 3.05) is 0 Å². The van der Waals surface area contributed by atoms with Crippen LogP contribution >= 0.6 is 0 Å². The molecule has 0 aromatic heterocycles. The lowest BCUT2D eigenvalue weighted by molar-refractivity contribution is 1.47. The standard InChI is InChI=1S/C14H13N/c1-3-4-5-6-12(2)14-9-7-13(11-15)8-10-14/h3-10H,1H2,2H3/b5-4-,12-6+. The van der Waals surface area contributed by atoms with Crippen molar-refractivity contribution in [1.82, 2.24) is 0 Å². The van der Waals surface area contributed by atoms with Crippen LogP contribution < -0.4 is 0 Å². The molecule has 1 heteroatoms. The lowest BCUT2D eigenvalue weighted by Crippen LogP contribution is -1.79. The molecular formula is C14H13N. The first-order valence-corrected chi connectivity index (χ1v) is 4.74. The molecule has 0 saturated heterocycles. The quantitative estimate of drug-likeness (QED) is 0.674. The van der Waals surface area contributed by atoms with Crippen molar-refractivity contribution in [1.29, 1.82) is 5.26 Å². The van der Waals surface area contributed by atoms with E-state index in [1.165, 1.54) is 0 Å². The van der Waals surface area contributed by atoms with E-state index in [9.17, 15) is 0 Å². The van der Waals surface area contributed by atoms with Crippen molar-refractivity contribution < 1.29 is 0 Å². The number of nitriles is 1. The Kier molecular flexibility index (Phi) is 4.12. The zero-order valence-electron chi connectivity index (χ0n) is 8.77. The van der Waals surface area contributed by atoms with Gasteiger partial charge in [0.05, 0.1) is 11.6 Å². The molecule has 1 aromatic carbocycles. The Morgan fingerprint density at radius 1 is 1.27 bits per heavy atom. The van der Waals surface area contributed by atoms with Crippen molar-refractivity contribution in [2.45, 2.75) is 6.92 Å². The lowest BCUT2D eigenvalue weighted by Gasteiger charge is -1.99. The maximum absolute atomic E-state index is 8.65. The van der Waals surface area contributed by atoms with Crippen LogP contribution in [0.15, 0.2) is 55.1 Å². The second-order valence-electron chi connectivity index (χ2n) is 3.16. The number of allylic oxidation sites excluding steroid dienone is 5. The van der Waals surface area contributed by atoms with Crippen LogP contribution in [0.5, 0.6) is 0 Å². The summed E-state index contributed by atoms with van der Waals surface area (Å²) in [5.74, 6) is 0. The third kappa shape index (κ3) is 3.28. The van der Waals surface area contributed by atoms with Crippen LogP contribution in [-0.2, 0) is 0 Å². The summed E-state index contributed by atoms with van der Waals surface area (Å²) >= 11 is 0. The normalized spacial score (nSPS) is 11.3. The minimum absolute atomic E-state index is 0.688. The highest BCUT2D eigenvalue weighted by molar-refractivity contribution is 5.65. The first-order valence-electron chi connectivity index (χ1n) is 4.74. The van der Waals surface area contributed by atoms with E-state index in [4.69, 9.17) is 5.26 Å². The molecule has 0 saturated carbocycles. The molecule has 0 aliphatic heterocycles. The molecule has 15 heavy (non-hydrogen) atoms. The van der Waals surface area contributed by atoms with Crippen LogP contribution in [0.25, 0.3) is 5.57 Å². The summed E-state index contributed by atoms with van der Waals surface area (Å²) in [5.41, 5.74) is 2.98. The summed E-state index contributed by atoms with van der Waals surface area (Å²) in [5, 5.41) is 8.65. The molecule has 0 fully saturated rings. The first kappa shape index (κ1) is 11.0. The number of benzene rings is 1. The molecule has 0 spiro atoms. The molecular weight excluding hydrogens is 182 g/mol. The third-order valence-electron chi connectivity index (χ3n) is 2.06. The minimum atomic E-state index is 0.688. The Morgan fingerprint density at radius 3 is 2.47 bits per heavy atom. The lowest BCUT2D eigenvalue weighted by atomic mass is 10.1. The maximum Gasteiger partial charge on any atom is 0.0991 e. The molecule has 1 aromatic rings. The number of hydrogen-bond donors (Lipinski definition) is 0. The second-order valence-corrected chi connectivity index (χ2v) is 3.16. The fourth-order valence-electron chi connectivity index (χ4n) is 1.18. The molecule has 1 rings (SSSR count). The van der Waals surface area contributed by atoms with Gasteiger partial charge in [-0.3, -0.25) is 0 Å². The SMILES string of the molecule is C=C/C=C\C=C(/C)c1ccc(C#N)cc1. The van der Waals surface area contributed by atoms with Gasteiger partial charge in [0.2, 0.25) is 0 Å². The Bertz CT molecular complexity index is 427.